The molecule has 19 heavy (non-hydrogen) atoms. The molecule has 1 amide bonds. The Labute approximate surface area is 130 Å². The molecule has 0 saturated heterocycles. The highest BCUT2D eigenvalue weighted by Gasteiger charge is 2.34. The lowest BCUT2D eigenvalue weighted by atomic mass is 10.00. The highest BCUT2D eigenvalue weighted by atomic mass is 79.9. The predicted molar refractivity (Wildman–Crippen MR) is 83.2 cm³/mol. The van der Waals surface area contributed by atoms with E-state index >= 15 is 0 Å². The number of ether oxygens (including phenoxy) is 1. The largest absolute Gasteiger partial charge is 0.497 e. The number of methoxy groups -OCH3 is 1. The number of nitrogens with one attached hydrogen (secondary N) is 1. The number of amides is 1. The molecule has 3 nitrogen and oxygen atoms in total. The molecule has 1 aliphatic rings. The Morgan fingerprint density at radius 3 is 2.68 bits per heavy atom. The molecule has 5 heteroatoms. The first kappa shape index (κ1) is 14.9. The second-order valence-electron chi connectivity index (χ2n) is 4.92. The van der Waals surface area contributed by atoms with Crippen molar-refractivity contribution in [2.24, 2.45) is 0 Å². The van der Waals surface area contributed by atoms with Crippen LogP contribution in [0, 0.1) is 0 Å². The van der Waals surface area contributed by atoms with Crippen LogP contribution in [0.1, 0.15) is 36.0 Å². The number of alkyl halides is 1. The van der Waals surface area contributed by atoms with Crippen molar-refractivity contribution in [2.75, 3.05) is 12.4 Å². The molecule has 1 aliphatic carbocycles. The topological polar surface area (TPSA) is 38.3 Å². The first-order valence-electron chi connectivity index (χ1n) is 6.32. The van der Waals surface area contributed by atoms with Crippen LogP contribution in [0.25, 0.3) is 0 Å². The summed E-state index contributed by atoms with van der Waals surface area (Å²) >= 11 is 6.95. The van der Waals surface area contributed by atoms with Gasteiger partial charge in [-0.2, -0.15) is 0 Å². The molecule has 0 heterocycles. The van der Waals surface area contributed by atoms with Crippen LogP contribution in [-0.4, -0.2) is 23.9 Å². The van der Waals surface area contributed by atoms with E-state index in [-0.39, 0.29) is 11.4 Å². The average Bonchev–Trinajstić information content (AvgIpc) is 2.88. The molecule has 104 valence electrons. The minimum absolute atomic E-state index is 0.0490. The van der Waals surface area contributed by atoms with Gasteiger partial charge < -0.3 is 10.1 Å². The third kappa shape index (κ3) is 3.31. The smallest absolute Gasteiger partial charge is 0.253 e. The Kier molecular flexibility index (Phi) is 4.90. The Balaban J connectivity index is 2.19. The normalized spacial score (nSPS) is 17.2. The fraction of sp³-hybridized carbons (Fsp3) is 0.500. The highest BCUT2D eigenvalue weighted by molar-refractivity contribution is 9.10. The van der Waals surface area contributed by atoms with Crippen molar-refractivity contribution in [2.45, 2.75) is 31.2 Å². The van der Waals surface area contributed by atoms with Gasteiger partial charge in [-0.15, -0.1) is 0 Å². The van der Waals surface area contributed by atoms with Gasteiger partial charge in [0.15, 0.2) is 0 Å². The molecule has 0 radical (unpaired) electrons. The van der Waals surface area contributed by atoms with Crippen LogP contribution in [-0.2, 0) is 0 Å². The molecule has 1 saturated carbocycles. The summed E-state index contributed by atoms with van der Waals surface area (Å²) in [4.78, 5) is 12.4. The zero-order valence-corrected chi connectivity index (χ0v) is 14.0. The number of rotatable bonds is 4. The van der Waals surface area contributed by atoms with Crippen LogP contribution < -0.4 is 10.1 Å². The summed E-state index contributed by atoms with van der Waals surface area (Å²) < 4.78 is 5.96. The predicted octanol–water partition coefficient (Wildman–Crippen LogP) is 3.90. The summed E-state index contributed by atoms with van der Waals surface area (Å²) in [6.45, 7) is 0. The van der Waals surface area contributed by atoms with Crippen LogP contribution in [0.3, 0.4) is 0 Å². The van der Waals surface area contributed by atoms with Gasteiger partial charge in [-0.05, 0) is 47.0 Å². The van der Waals surface area contributed by atoms with Gasteiger partial charge in [0.1, 0.15) is 5.75 Å². The average molecular weight is 391 g/mol. The maximum Gasteiger partial charge on any atom is 0.253 e. The van der Waals surface area contributed by atoms with Gasteiger partial charge in [-0.25, -0.2) is 0 Å². The third-order valence-electron chi connectivity index (χ3n) is 3.61. The van der Waals surface area contributed by atoms with E-state index in [0.717, 1.165) is 22.6 Å². The van der Waals surface area contributed by atoms with Crippen molar-refractivity contribution in [3.63, 3.8) is 0 Å². The minimum Gasteiger partial charge on any atom is -0.497 e. The molecule has 1 fully saturated rings. The molecule has 0 unspecified atom stereocenters. The molecule has 0 spiro atoms. The first-order valence-corrected chi connectivity index (χ1v) is 8.24. The van der Waals surface area contributed by atoms with Crippen molar-refractivity contribution in [1.29, 1.82) is 0 Å². The van der Waals surface area contributed by atoms with Gasteiger partial charge in [0, 0.05) is 9.80 Å². The summed E-state index contributed by atoms with van der Waals surface area (Å²) in [6, 6.07) is 5.43. The van der Waals surface area contributed by atoms with Crippen LogP contribution in [0.5, 0.6) is 5.75 Å². The van der Waals surface area contributed by atoms with E-state index in [4.69, 9.17) is 4.74 Å². The van der Waals surface area contributed by atoms with Crippen molar-refractivity contribution >= 4 is 37.8 Å². The number of hydrogen-bond donors (Lipinski definition) is 1. The monoisotopic (exact) mass is 389 g/mol. The van der Waals surface area contributed by atoms with Crippen molar-refractivity contribution in [3.8, 4) is 5.75 Å². The molecule has 0 atom stereocenters. The van der Waals surface area contributed by atoms with E-state index in [1.165, 1.54) is 12.8 Å². The van der Waals surface area contributed by atoms with E-state index in [0.29, 0.717) is 11.3 Å². The van der Waals surface area contributed by atoms with Crippen LogP contribution >= 0.6 is 31.9 Å². The lowest BCUT2D eigenvalue weighted by Gasteiger charge is -2.28. The molecular weight excluding hydrogens is 374 g/mol. The lowest BCUT2D eigenvalue weighted by molar-refractivity contribution is 0.0909. The second kappa shape index (κ2) is 6.27. The quantitative estimate of drug-likeness (QED) is 0.792. The molecule has 0 aliphatic heterocycles. The Morgan fingerprint density at radius 1 is 1.42 bits per heavy atom. The van der Waals surface area contributed by atoms with Crippen LogP contribution in [0.4, 0.5) is 0 Å². The number of hydrogen-bond acceptors (Lipinski definition) is 2. The van der Waals surface area contributed by atoms with E-state index < -0.39 is 0 Å². The van der Waals surface area contributed by atoms with E-state index in [1.807, 2.05) is 12.1 Å². The van der Waals surface area contributed by atoms with Crippen molar-refractivity contribution in [3.05, 3.63) is 28.2 Å². The van der Waals surface area contributed by atoms with Gasteiger partial charge in [-0.1, -0.05) is 28.8 Å². The summed E-state index contributed by atoms with van der Waals surface area (Å²) in [5.74, 6) is 0.639. The highest BCUT2D eigenvalue weighted by Crippen LogP contribution is 2.32. The molecule has 0 bridgehead atoms. The van der Waals surface area contributed by atoms with Crippen LogP contribution in [0.15, 0.2) is 22.7 Å². The van der Waals surface area contributed by atoms with Gasteiger partial charge in [-0.3, -0.25) is 4.79 Å². The second-order valence-corrected chi connectivity index (χ2v) is 6.34. The number of carbonyl (C=O) groups excluding carboxylic acids is 1. The molecule has 1 N–H and O–H groups in total. The molecule has 2 rings (SSSR count). The van der Waals surface area contributed by atoms with E-state index in [9.17, 15) is 4.79 Å². The van der Waals surface area contributed by atoms with Gasteiger partial charge >= 0.3 is 0 Å². The Bertz CT molecular complexity index is 471. The molecule has 0 aromatic heterocycles. The van der Waals surface area contributed by atoms with Gasteiger partial charge in [0.05, 0.1) is 18.2 Å². The standard InChI is InChI=1S/C14H17Br2NO2/c1-19-10-4-5-12(16)11(8-10)13(18)17-14(9-15)6-2-3-7-14/h4-5,8H,2-3,6-7,9H2,1H3,(H,17,18). The van der Waals surface area contributed by atoms with Crippen molar-refractivity contribution in [1.82, 2.24) is 5.32 Å². The van der Waals surface area contributed by atoms with E-state index in [1.54, 1.807) is 13.2 Å². The Morgan fingerprint density at radius 2 is 2.11 bits per heavy atom. The third-order valence-corrected chi connectivity index (χ3v) is 5.38. The number of halogens is 2. The maximum atomic E-state index is 12.4. The minimum atomic E-state index is -0.0976. The molecule has 1 aromatic carbocycles. The van der Waals surface area contributed by atoms with Crippen molar-refractivity contribution < 1.29 is 9.53 Å². The summed E-state index contributed by atoms with van der Waals surface area (Å²) in [7, 11) is 1.60. The molecular formula is C14H17Br2NO2. The number of benzene rings is 1. The summed E-state index contributed by atoms with van der Waals surface area (Å²) in [5.41, 5.74) is 0.520. The van der Waals surface area contributed by atoms with E-state index in [2.05, 4.69) is 37.2 Å². The number of carbonyl (C=O) groups is 1. The summed E-state index contributed by atoms with van der Waals surface area (Å²) in [6.07, 6.45) is 4.41. The Hall–Kier alpha value is -0.550. The fourth-order valence-electron chi connectivity index (χ4n) is 2.46. The fourth-order valence-corrected chi connectivity index (χ4v) is 3.58. The summed E-state index contributed by atoms with van der Waals surface area (Å²) in [5, 5.41) is 3.98. The maximum absolute atomic E-state index is 12.4. The van der Waals surface area contributed by atoms with Crippen LogP contribution in [0.2, 0.25) is 0 Å². The zero-order chi connectivity index (χ0) is 13.9. The first-order chi connectivity index (χ1) is 9.10. The van der Waals surface area contributed by atoms with Gasteiger partial charge in [0.25, 0.3) is 5.91 Å². The van der Waals surface area contributed by atoms with Gasteiger partial charge in [0.2, 0.25) is 0 Å². The SMILES string of the molecule is COc1ccc(Br)c(C(=O)NC2(CBr)CCCC2)c1. The molecule has 1 aromatic rings. The lowest BCUT2D eigenvalue weighted by Crippen LogP contribution is -2.47. The zero-order valence-electron chi connectivity index (χ0n) is 10.8.